The highest BCUT2D eigenvalue weighted by molar-refractivity contribution is 14.1. The quantitative estimate of drug-likeness (QED) is 0.548. The highest BCUT2D eigenvalue weighted by Crippen LogP contribution is 2.14. The fourth-order valence-corrected chi connectivity index (χ4v) is 1.35. The molecule has 0 unspecified atom stereocenters. The minimum Gasteiger partial charge on any atom is -0.0807 e. The first-order chi connectivity index (χ1) is 5.33. The lowest BCUT2D eigenvalue weighted by Gasteiger charge is -1.92. The van der Waals surface area contributed by atoms with Crippen LogP contribution in [0.2, 0.25) is 0 Å². The van der Waals surface area contributed by atoms with Crippen molar-refractivity contribution in [2.45, 2.75) is 0 Å². The van der Waals surface area contributed by atoms with Gasteiger partial charge < -0.3 is 0 Å². The van der Waals surface area contributed by atoms with Crippen molar-refractivity contribution in [3.63, 3.8) is 0 Å². The van der Waals surface area contributed by atoms with E-state index in [-0.39, 0.29) is 0 Å². The van der Waals surface area contributed by atoms with E-state index < -0.39 is 0 Å². The first kappa shape index (κ1) is 9.51. The third-order valence-corrected chi connectivity index (χ3v) is 4.22. The molecular weight excluding hydrogens is 362 g/mol. The Hall–Kier alpha value is 0.420. The molecule has 58 valence electrons. The van der Waals surface area contributed by atoms with Gasteiger partial charge in [-0.1, -0.05) is 52.9 Å². The Balaban J connectivity index is 2.79. The van der Waals surface area contributed by atoms with E-state index in [4.69, 9.17) is 0 Å². The first-order valence-electron chi connectivity index (χ1n) is 3.30. The molecule has 0 amide bonds. The molecule has 0 nitrogen and oxygen atoms in total. The van der Waals surface area contributed by atoms with Gasteiger partial charge in [-0.2, -0.15) is 0 Å². The van der Waals surface area contributed by atoms with Crippen molar-refractivity contribution in [1.82, 2.24) is 0 Å². The zero-order valence-corrected chi connectivity index (χ0v) is 10.2. The zero-order chi connectivity index (χ0) is 8.10. The fraction of sp³-hybridized carbons (Fsp3) is 0.111. The third-order valence-electron chi connectivity index (χ3n) is 1.25. The second-order valence-electron chi connectivity index (χ2n) is 2.14. The molecule has 11 heavy (non-hydrogen) atoms. The molecule has 0 fully saturated rings. The molecule has 0 aliphatic carbocycles. The van der Waals surface area contributed by atoms with Crippen molar-refractivity contribution in [3.05, 3.63) is 39.5 Å². The molecule has 0 N–H and O–H groups in total. The average molecular weight is 370 g/mol. The monoisotopic (exact) mass is 370 g/mol. The summed E-state index contributed by atoms with van der Waals surface area (Å²) in [7, 11) is 0. The van der Waals surface area contributed by atoms with Gasteiger partial charge in [0.15, 0.2) is 0 Å². The number of allylic oxidation sites excluding steroid dienone is 1. The second-order valence-corrected chi connectivity index (χ2v) is 4.28. The van der Waals surface area contributed by atoms with Gasteiger partial charge >= 0.3 is 0 Å². The van der Waals surface area contributed by atoms with Crippen LogP contribution < -0.4 is 0 Å². The second kappa shape index (κ2) is 5.13. The summed E-state index contributed by atoms with van der Waals surface area (Å²) in [5.74, 6) is 0. The van der Waals surface area contributed by atoms with Gasteiger partial charge in [0.1, 0.15) is 0 Å². The highest BCUT2D eigenvalue weighted by atomic mass is 127. The minimum absolute atomic E-state index is 1.09. The van der Waals surface area contributed by atoms with Crippen LogP contribution in [0.1, 0.15) is 5.56 Å². The number of hydrogen-bond donors (Lipinski definition) is 0. The lowest BCUT2D eigenvalue weighted by atomic mass is 10.2. The Labute approximate surface area is 94.4 Å². The number of halogens is 2. The molecule has 0 radical (unpaired) electrons. The van der Waals surface area contributed by atoms with E-state index in [0.29, 0.717) is 0 Å². The summed E-state index contributed by atoms with van der Waals surface area (Å²) in [6.45, 7) is 0. The van der Waals surface area contributed by atoms with E-state index in [2.05, 4.69) is 75.5 Å². The largest absolute Gasteiger partial charge is 0.0807 e. The zero-order valence-electron chi connectivity index (χ0n) is 5.93. The van der Waals surface area contributed by atoms with Gasteiger partial charge in [-0.3, -0.25) is 0 Å². The molecule has 1 aromatic carbocycles. The maximum Gasteiger partial charge on any atom is 0.0305 e. The topological polar surface area (TPSA) is 0 Å². The molecule has 0 aliphatic heterocycles. The van der Waals surface area contributed by atoms with Crippen LogP contribution in [0, 0.1) is 0 Å². The van der Waals surface area contributed by atoms with Crippen molar-refractivity contribution in [2.75, 3.05) is 4.43 Å². The van der Waals surface area contributed by atoms with E-state index in [1.807, 2.05) is 6.07 Å². The molecule has 0 spiro atoms. The molecule has 0 aliphatic rings. The smallest absolute Gasteiger partial charge is 0.0305 e. The number of hydrogen-bond acceptors (Lipinski definition) is 0. The predicted octanol–water partition coefficient (Wildman–Crippen LogP) is 3.90. The standard InChI is InChI=1S/C9H8I2/c10-7-9(11)6-8-4-2-1-3-5-8/h1-6H,7H2/b9-6+. The van der Waals surface area contributed by atoms with E-state index in [1.165, 1.54) is 9.14 Å². The Morgan fingerprint density at radius 2 is 1.91 bits per heavy atom. The predicted molar refractivity (Wildman–Crippen MR) is 67.3 cm³/mol. The van der Waals surface area contributed by atoms with Crippen LogP contribution in [0.5, 0.6) is 0 Å². The summed E-state index contributed by atoms with van der Waals surface area (Å²) in [5, 5.41) is 0. The molecule has 0 saturated carbocycles. The molecule has 0 bridgehead atoms. The van der Waals surface area contributed by atoms with Crippen molar-refractivity contribution < 1.29 is 0 Å². The Morgan fingerprint density at radius 1 is 1.27 bits per heavy atom. The maximum atomic E-state index is 2.36. The summed E-state index contributed by atoms with van der Waals surface area (Å²) < 4.78 is 2.47. The van der Waals surface area contributed by atoms with Crippen LogP contribution in [-0.2, 0) is 0 Å². The van der Waals surface area contributed by atoms with Crippen LogP contribution in [0.15, 0.2) is 33.9 Å². The highest BCUT2D eigenvalue weighted by Gasteiger charge is 1.88. The van der Waals surface area contributed by atoms with Crippen LogP contribution in [0.3, 0.4) is 0 Å². The van der Waals surface area contributed by atoms with Crippen molar-refractivity contribution in [2.24, 2.45) is 0 Å². The lowest BCUT2D eigenvalue weighted by Crippen LogP contribution is -1.72. The molecule has 0 heterocycles. The van der Waals surface area contributed by atoms with E-state index in [1.54, 1.807) is 0 Å². The van der Waals surface area contributed by atoms with E-state index >= 15 is 0 Å². The van der Waals surface area contributed by atoms with Gasteiger partial charge in [0.2, 0.25) is 0 Å². The van der Waals surface area contributed by atoms with Gasteiger partial charge in [0, 0.05) is 8.01 Å². The summed E-state index contributed by atoms with van der Waals surface area (Å²) in [6.07, 6.45) is 2.20. The number of alkyl halides is 1. The van der Waals surface area contributed by atoms with Crippen molar-refractivity contribution in [3.8, 4) is 0 Å². The van der Waals surface area contributed by atoms with Gasteiger partial charge in [-0.05, 0) is 34.2 Å². The van der Waals surface area contributed by atoms with E-state index in [9.17, 15) is 0 Å². The molecule has 0 atom stereocenters. The normalized spacial score (nSPS) is 11.6. The molecular formula is C9H8I2. The average Bonchev–Trinajstić information content (AvgIpc) is 2.06. The third kappa shape index (κ3) is 3.55. The molecule has 1 aromatic rings. The van der Waals surface area contributed by atoms with Gasteiger partial charge in [0.25, 0.3) is 0 Å². The first-order valence-corrected chi connectivity index (χ1v) is 5.90. The van der Waals surface area contributed by atoms with Gasteiger partial charge in [-0.15, -0.1) is 0 Å². The van der Waals surface area contributed by atoms with Crippen molar-refractivity contribution >= 4 is 51.3 Å². The molecule has 0 saturated heterocycles. The Morgan fingerprint density at radius 3 is 2.45 bits per heavy atom. The van der Waals surface area contributed by atoms with Crippen LogP contribution in [0.25, 0.3) is 6.08 Å². The molecule has 2 heteroatoms. The minimum atomic E-state index is 1.09. The summed E-state index contributed by atoms with van der Waals surface area (Å²) in [5.41, 5.74) is 1.29. The van der Waals surface area contributed by atoms with Crippen LogP contribution in [-0.4, -0.2) is 4.43 Å². The summed E-state index contributed by atoms with van der Waals surface area (Å²) in [4.78, 5) is 0. The number of rotatable bonds is 2. The Kier molecular flexibility index (Phi) is 4.44. The molecule has 0 aromatic heterocycles. The summed E-state index contributed by atoms with van der Waals surface area (Å²) in [6, 6.07) is 10.4. The number of benzene rings is 1. The lowest BCUT2D eigenvalue weighted by molar-refractivity contribution is 1.65. The van der Waals surface area contributed by atoms with Crippen LogP contribution in [0.4, 0.5) is 0 Å². The fourth-order valence-electron chi connectivity index (χ4n) is 0.769. The van der Waals surface area contributed by atoms with Crippen LogP contribution >= 0.6 is 45.2 Å². The van der Waals surface area contributed by atoms with Crippen molar-refractivity contribution in [1.29, 1.82) is 0 Å². The molecule has 1 rings (SSSR count). The van der Waals surface area contributed by atoms with Gasteiger partial charge in [0.05, 0.1) is 0 Å². The maximum absolute atomic E-state index is 2.36. The Bertz CT molecular complexity index is 239. The summed E-state index contributed by atoms with van der Waals surface area (Å²) >= 11 is 4.73. The SMILES string of the molecule is IC/C(I)=C\c1ccccc1. The van der Waals surface area contributed by atoms with E-state index in [0.717, 1.165) is 4.43 Å². The van der Waals surface area contributed by atoms with Gasteiger partial charge in [-0.25, -0.2) is 0 Å².